The molecule has 3 N–H and O–H groups in total. The molecule has 0 saturated heterocycles. The van der Waals surface area contributed by atoms with Gasteiger partial charge >= 0.3 is 0 Å². The Morgan fingerprint density at radius 1 is 1.19 bits per heavy atom. The second-order valence-corrected chi connectivity index (χ2v) is 4.69. The van der Waals surface area contributed by atoms with E-state index in [1.165, 1.54) is 0 Å². The molecule has 0 atom stereocenters. The third-order valence-corrected chi connectivity index (χ3v) is 3.02. The molecule has 0 spiro atoms. The first kappa shape index (κ1) is 15.0. The van der Waals surface area contributed by atoms with Gasteiger partial charge in [0.2, 0.25) is 5.91 Å². The Kier molecular flexibility index (Phi) is 5.72. The van der Waals surface area contributed by atoms with Crippen molar-refractivity contribution in [2.75, 3.05) is 24.5 Å². The largest absolute Gasteiger partial charge is 0.358 e. The van der Waals surface area contributed by atoms with Crippen molar-refractivity contribution in [2.45, 2.75) is 6.54 Å². The summed E-state index contributed by atoms with van der Waals surface area (Å²) in [5, 5.41) is 2.80. The Labute approximate surface area is 124 Å². The number of rotatable bonds is 7. The molecule has 0 aliphatic carbocycles. The molecule has 0 unspecified atom stereocenters. The van der Waals surface area contributed by atoms with Gasteiger partial charge in [0.25, 0.3) is 0 Å². The van der Waals surface area contributed by atoms with Crippen LogP contribution in [-0.2, 0) is 11.3 Å². The van der Waals surface area contributed by atoms with Crippen LogP contribution in [0.2, 0.25) is 0 Å². The maximum Gasteiger partial charge on any atom is 0.239 e. The van der Waals surface area contributed by atoms with Crippen molar-refractivity contribution in [2.24, 2.45) is 5.73 Å². The van der Waals surface area contributed by atoms with Crippen molar-refractivity contribution in [3.63, 3.8) is 0 Å². The molecular weight excluding hydrogens is 264 g/mol. The van der Waals surface area contributed by atoms with E-state index in [0.29, 0.717) is 26.2 Å². The molecule has 0 radical (unpaired) electrons. The van der Waals surface area contributed by atoms with Gasteiger partial charge in [-0.1, -0.05) is 24.3 Å². The quantitative estimate of drug-likeness (QED) is 0.800. The molecular formula is C16H20N4O. The maximum absolute atomic E-state index is 12.0. The summed E-state index contributed by atoms with van der Waals surface area (Å²) in [6, 6.07) is 13.8. The number of carbonyl (C=O) groups is 1. The number of pyridine rings is 1. The van der Waals surface area contributed by atoms with Crippen LogP contribution in [0.4, 0.5) is 5.69 Å². The maximum atomic E-state index is 12.0. The minimum Gasteiger partial charge on any atom is -0.358 e. The van der Waals surface area contributed by atoms with Crippen molar-refractivity contribution < 1.29 is 4.79 Å². The fourth-order valence-electron chi connectivity index (χ4n) is 2.03. The normalized spacial score (nSPS) is 10.1. The van der Waals surface area contributed by atoms with E-state index in [-0.39, 0.29) is 5.91 Å². The summed E-state index contributed by atoms with van der Waals surface area (Å²) in [5.41, 5.74) is 7.47. The molecule has 2 aromatic rings. The van der Waals surface area contributed by atoms with Crippen LogP contribution in [0.15, 0.2) is 54.9 Å². The number of aromatic nitrogens is 1. The van der Waals surface area contributed by atoms with Gasteiger partial charge in [0.05, 0.1) is 6.54 Å². The lowest BCUT2D eigenvalue weighted by Gasteiger charge is -2.24. The van der Waals surface area contributed by atoms with Crippen LogP contribution in [-0.4, -0.2) is 30.5 Å². The second kappa shape index (κ2) is 8.01. The lowest BCUT2D eigenvalue weighted by atomic mass is 10.2. The average molecular weight is 284 g/mol. The SMILES string of the molecule is NCCNC(=O)CN(Cc1cccnc1)c1ccccc1. The summed E-state index contributed by atoms with van der Waals surface area (Å²) in [5.74, 6) is -0.0341. The number of hydrogen-bond donors (Lipinski definition) is 2. The predicted molar refractivity (Wildman–Crippen MR) is 83.8 cm³/mol. The van der Waals surface area contributed by atoms with E-state index in [9.17, 15) is 4.79 Å². The number of amides is 1. The molecule has 21 heavy (non-hydrogen) atoms. The summed E-state index contributed by atoms with van der Waals surface area (Å²) in [6.07, 6.45) is 3.55. The Morgan fingerprint density at radius 3 is 2.67 bits per heavy atom. The summed E-state index contributed by atoms with van der Waals surface area (Å²) >= 11 is 0. The highest BCUT2D eigenvalue weighted by molar-refractivity contribution is 5.81. The highest BCUT2D eigenvalue weighted by Crippen LogP contribution is 2.16. The van der Waals surface area contributed by atoms with Crippen molar-refractivity contribution in [3.05, 3.63) is 60.4 Å². The molecule has 1 aromatic heterocycles. The molecule has 0 fully saturated rings. The molecule has 5 heteroatoms. The fraction of sp³-hybridized carbons (Fsp3) is 0.250. The van der Waals surface area contributed by atoms with Crippen LogP contribution in [0.1, 0.15) is 5.56 Å². The van der Waals surface area contributed by atoms with E-state index in [1.807, 2.05) is 53.6 Å². The molecule has 2 rings (SSSR count). The smallest absolute Gasteiger partial charge is 0.239 e. The van der Waals surface area contributed by atoms with E-state index >= 15 is 0 Å². The zero-order valence-electron chi connectivity index (χ0n) is 11.9. The number of benzene rings is 1. The second-order valence-electron chi connectivity index (χ2n) is 4.69. The van der Waals surface area contributed by atoms with Crippen LogP contribution in [0.3, 0.4) is 0 Å². The number of nitrogens with one attached hydrogen (secondary N) is 1. The highest BCUT2D eigenvalue weighted by atomic mass is 16.2. The van der Waals surface area contributed by atoms with E-state index in [1.54, 1.807) is 6.20 Å². The zero-order valence-corrected chi connectivity index (χ0v) is 11.9. The van der Waals surface area contributed by atoms with Crippen molar-refractivity contribution in [1.29, 1.82) is 0 Å². The van der Waals surface area contributed by atoms with E-state index < -0.39 is 0 Å². The third-order valence-electron chi connectivity index (χ3n) is 3.02. The summed E-state index contributed by atoms with van der Waals surface area (Å²) < 4.78 is 0. The minimum atomic E-state index is -0.0341. The number of anilines is 1. The van der Waals surface area contributed by atoms with Crippen LogP contribution in [0.5, 0.6) is 0 Å². The van der Waals surface area contributed by atoms with Crippen LogP contribution in [0.25, 0.3) is 0 Å². The van der Waals surface area contributed by atoms with Crippen LogP contribution >= 0.6 is 0 Å². The van der Waals surface area contributed by atoms with Gasteiger partial charge in [0, 0.05) is 37.7 Å². The Morgan fingerprint density at radius 2 is 2.00 bits per heavy atom. The zero-order chi connectivity index (χ0) is 14.9. The summed E-state index contributed by atoms with van der Waals surface area (Å²) in [7, 11) is 0. The first-order valence-corrected chi connectivity index (χ1v) is 6.95. The fourth-order valence-corrected chi connectivity index (χ4v) is 2.03. The Balaban J connectivity index is 2.09. The predicted octanol–water partition coefficient (Wildman–Crippen LogP) is 1.16. The van der Waals surface area contributed by atoms with Gasteiger partial charge in [-0.3, -0.25) is 9.78 Å². The van der Waals surface area contributed by atoms with E-state index in [0.717, 1.165) is 11.3 Å². The number of carbonyl (C=O) groups excluding carboxylic acids is 1. The van der Waals surface area contributed by atoms with Crippen LogP contribution < -0.4 is 16.0 Å². The van der Waals surface area contributed by atoms with Crippen molar-refractivity contribution in [3.8, 4) is 0 Å². The monoisotopic (exact) mass is 284 g/mol. The van der Waals surface area contributed by atoms with Gasteiger partial charge in [-0.05, 0) is 23.8 Å². The van der Waals surface area contributed by atoms with Gasteiger partial charge in [0.1, 0.15) is 0 Å². The molecule has 0 saturated carbocycles. The van der Waals surface area contributed by atoms with Gasteiger partial charge in [0.15, 0.2) is 0 Å². The average Bonchev–Trinajstić information content (AvgIpc) is 2.54. The number of nitrogens with two attached hydrogens (primary N) is 1. The molecule has 1 amide bonds. The molecule has 110 valence electrons. The summed E-state index contributed by atoms with van der Waals surface area (Å²) in [4.78, 5) is 18.1. The van der Waals surface area contributed by atoms with E-state index in [4.69, 9.17) is 5.73 Å². The number of para-hydroxylation sites is 1. The van der Waals surface area contributed by atoms with E-state index in [2.05, 4.69) is 10.3 Å². The van der Waals surface area contributed by atoms with Gasteiger partial charge < -0.3 is 16.0 Å². The molecule has 0 bridgehead atoms. The molecule has 5 nitrogen and oxygen atoms in total. The molecule has 1 heterocycles. The van der Waals surface area contributed by atoms with Crippen molar-refractivity contribution in [1.82, 2.24) is 10.3 Å². The minimum absolute atomic E-state index is 0.0341. The Hall–Kier alpha value is -2.40. The lowest BCUT2D eigenvalue weighted by molar-refractivity contribution is -0.119. The molecule has 0 aliphatic heterocycles. The Bertz CT molecular complexity index is 545. The van der Waals surface area contributed by atoms with Crippen molar-refractivity contribution >= 4 is 11.6 Å². The van der Waals surface area contributed by atoms with Gasteiger partial charge in [-0.25, -0.2) is 0 Å². The molecule has 1 aromatic carbocycles. The highest BCUT2D eigenvalue weighted by Gasteiger charge is 2.11. The first-order chi connectivity index (χ1) is 10.3. The summed E-state index contributed by atoms with van der Waals surface area (Å²) in [6.45, 7) is 1.86. The first-order valence-electron chi connectivity index (χ1n) is 6.95. The van der Waals surface area contributed by atoms with Crippen LogP contribution in [0, 0.1) is 0 Å². The topological polar surface area (TPSA) is 71.2 Å². The standard InChI is InChI=1S/C16H20N4O/c17-8-10-19-16(21)13-20(15-6-2-1-3-7-15)12-14-5-4-9-18-11-14/h1-7,9,11H,8,10,12-13,17H2,(H,19,21). The van der Waals surface area contributed by atoms with Gasteiger partial charge in [-0.15, -0.1) is 0 Å². The lowest BCUT2D eigenvalue weighted by Crippen LogP contribution is -2.39. The number of hydrogen-bond acceptors (Lipinski definition) is 4. The number of nitrogens with zero attached hydrogens (tertiary/aromatic N) is 2. The third kappa shape index (κ3) is 4.89. The molecule has 0 aliphatic rings. The van der Waals surface area contributed by atoms with Gasteiger partial charge in [-0.2, -0.15) is 0 Å².